The molecule has 0 N–H and O–H groups in total. The second-order valence-corrected chi connectivity index (χ2v) is 5.51. The molecule has 1 rings (SSSR count). The molecule has 1 aliphatic carbocycles. The van der Waals surface area contributed by atoms with E-state index in [4.69, 9.17) is 0 Å². The van der Waals surface area contributed by atoms with Gasteiger partial charge in [-0.3, -0.25) is 0 Å². The molecule has 0 heterocycles. The van der Waals surface area contributed by atoms with Crippen molar-refractivity contribution >= 4 is 22.6 Å². The summed E-state index contributed by atoms with van der Waals surface area (Å²) in [6.45, 7) is 6.24. The third-order valence-corrected chi connectivity index (χ3v) is 4.02. The van der Waals surface area contributed by atoms with Crippen molar-refractivity contribution in [2.45, 2.75) is 45.4 Å². The van der Waals surface area contributed by atoms with Crippen molar-refractivity contribution in [3.05, 3.63) is 12.7 Å². The third-order valence-electron chi connectivity index (χ3n) is 3.48. The Hall–Kier alpha value is 0.470. The van der Waals surface area contributed by atoms with Gasteiger partial charge in [-0.05, 0) is 43.4 Å². The molecular weight excluding hydrogens is 271 g/mol. The minimum absolute atomic E-state index is 0.689. The van der Waals surface area contributed by atoms with Gasteiger partial charge in [0.25, 0.3) is 0 Å². The fraction of sp³-hybridized carbons (Fsp3) is 0.833. The van der Waals surface area contributed by atoms with Gasteiger partial charge in [0.1, 0.15) is 0 Å². The Morgan fingerprint density at radius 2 is 2.31 bits per heavy atom. The van der Waals surface area contributed by atoms with Crippen molar-refractivity contribution in [1.82, 2.24) is 0 Å². The van der Waals surface area contributed by atoms with Gasteiger partial charge in [-0.2, -0.15) is 0 Å². The Labute approximate surface area is 96.3 Å². The van der Waals surface area contributed by atoms with Gasteiger partial charge in [0.15, 0.2) is 0 Å². The molecule has 0 aliphatic heterocycles. The van der Waals surface area contributed by atoms with Crippen LogP contribution in [0.4, 0.5) is 0 Å². The molecule has 1 aliphatic rings. The molecule has 0 aromatic carbocycles. The summed E-state index contributed by atoms with van der Waals surface area (Å²) in [5, 5.41) is 0. The zero-order valence-electron chi connectivity index (χ0n) is 8.69. The van der Waals surface area contributed by atoms with Crippen molar-refractivity contribution in [2.75, 3.05) is 4.43 Å². The van der Waals surface area contributed by atoms with E-state index in [1.165, 1.54) is 43.0 Å². The fourth-order valence-electron chi connectivity index (χ4n) is 2.76. The second kappa shape index (κ2) is 5.38. The first-order valence-corrected chi connectivity index (χ1v) is 6.97. The zero-order valence-corrected chi connectivity index (χ0v) is 10.8. The van der Waals surface area contributed by atoms with Gasteiger partial charge in [0.2, 0.25) is 0 Å². The Bertz CT molecular complexity index is 157. The monoisotopic (exact) mass is 292 g/mol. The van der Waals surface area contributed by atoms with Gasteiger partial charge in [0.05, 0.1) is 0 Å². The van der Waals surface area contributed by atoms with Crippen molar-refractivity contribution in [3.63, 3.8) is 0 Å². The molecule has 0 spiro atoms. The van der Waals surface area contributed by atoms with Crippen LogP contribution >= 0.6 is 22.6 Å². The number of alkyl halides is 1. The van der Waals surface area contributed by atoms with Crippen LogP contribution in [0.2, 0.25) is 0 Å². The standard InChI is InChI=1S/C12H21I/c1-3-6-12(8-9-13)7-5-11(4-2)10-12/h4,11H,2-3,5-10H2,1H3. The molecule has 76 valence electrons. The van der Waals surface area contributed by atoms with E-state index >= 15 is 0 Å². The molecule has 13 heavy (non-hydrogen) atoms. The first-order valence-electron chi connectivity index (χ1n) is 5.45. The van der Waals surface area contributed by atoms with Gasteiger partial charge in [-0.1, -0.05) is 42.0 Å². The molecule has 0 radical (unpaired) electrons. The number of halogens is 1. The number of rotatable bonds is 5. The molecule has 2 atom stereocenters. The lowest BCUT2D eigenvalue weighted by Crippen LogP contribution is -2.17. The summed E-state index contributed by atoms with van der Waals surface area (Å²) in [6.07, 6.45) is 10.6. The minimum atomic E-state index is 0.689. The van der Waals surface area contributed by atoms with Crippen LogP contribution in [-0.2, 0) is 0 Å². The maximum atomic E-state index is 3.93. The van der Waals surface area contributed by atoms with Crippen molar-refractivity contribution in [3.8, 4) is 0 Å². The normalized spacial score (nSPS) is 33.5. The van der Waals surface area contributed by atoms with Gasteiger partial charge in [-0.15, -0.1) is 6.58 Å². The zero-order chi connectivity index (χ0) is 9.73. The molecule has 0 saturated heterocycles. The lowest BCUT2D eigenvalue weighted by molar-refractivity contribution is 0.255. The Morgan fingerprint density at radius 1 is 1.54 bits per heavy atom. The summed E-state index contributed by atoms with van der Waals surface area (Å²) in [5.74, 6) is 0.814. The van der Waals surface area contributed by atoms with Crippen molar-refractivity contribution in [2.24, 2.45) is 11.3 Å². The summed E-state index contributed by atoms with van der Waals surface area (Å²) in [4.78, 5) is 0. The first-order chi connectivity index (χ1) is 6.26. The predicted molar refractivity (Wildman–Crippen MR) is 68.4 cm³/mol. The summed E-state index contributed by atoms with van der Waals surface area (Å²) in [7, 11) is 0. The highest BCUT2D eigenvalue weighted by Crippen LogP contribution is 2.48. The first kappa shape index (κ1) is 11.5. The van der Waals surface area contributed by atoms with Crippen LogP contribution < -0.4 is 0 Å². The maximum absolute atomic E-state index is 3.93. The van der Waals surface area contributed by atoms with Crippen LogP contribution in [0.5, 0.6) is 0 Å². The van der Waals surface area contributed by atoms with Crippen LogP contribution in [-0.4, -0.2) is 4.43 Å². The molecule has 0 aromatic rings. The smallest absolute Gasteiger partial charge is 0.0000559 e. The van der Waals surface area contributed by atoms with Gasteiger partial charge < -0.3 is 0 Å². The van der Waals surface area contributed by atoms with Crippen molar-refractivity contribution in [1.29, 1.82) is 0 Å². The van der Waals surface area contributed by atoms with Crippen LogP contribution in [0.3, 0.4) is 0 Å². The average molecular weight is 292 g/mol. The molecule has 1 heteroatoms. The van der Waals surface area contributed by atoms with Crippen LogP contribution in [0.1, 0.15) is 45.4 Å². The minimum Gasteiger partial charge on any atom is -0.103 e. The SMILES string of the molecule is C=CC1CCC(CCC)(CCI)C1. The van der Waals surface area contributed by atoms with Crippen molar-refractivity contribution < 1.29 is 0 Å². The average Bonchev–Trinajstić information content (AvgIpc) is 2.50. The Balaban J connectivity index is 2.53. The molecule has 1 fully saturated rings. The van der Waals surface area contributed by atoms with E-state index in [2.05, 4.69) is 42.2 Å². The molecule has 0 amide bonds. The Morgan fingerprint density at radius 3 is 2.77 bits per heavy atom. The summed E-state index contributed by atoms with van der Waals surface area (Å²) >= 11 is 2.52. The summed E-state index contributed by atoms with van der Waals surface area (Å²) in [5.41, 5.74) is 0.689. The van der Waals surface area contributed by atoms with E-state index in [9.17, 15) is 0 Å². The van der Waals surface area contributed by atoms with E-state index < -0.39 is 0 Å². The highest BCUT2D eigenvalue weighted by Gasteiger charge is 2.36. The topological polar surface area (TPSA) is 0 Å². The predicted octanol–water partition coefficient (Wildman–Crippen LogP) is 4.58. The van der Waals surface area contributed by atoms with E-state index in [0.717, 1.165) is 5.92 Å². The fourth-order valence-corrected chi connectivity index (χ4v) is 3.91. The number of hydrogen-bond acceptors (Lipinski definition) is 0. The molecular formula is C12H21I. The molecule has 0 bridgehead atoms. The van der Waals surface area contributed by atoms with Gasteiger partial charge in [0, 0.05) is 4.43 Å². The molecule has 0 aromatic heterocycles. The lowest BCUT2D eigenvalue weighted by Gasteiger charge is -2.28. The third kappa shape index (κ3) is 2.97. The highest BCUT2D eigenvalue weighted by molar-refractivity contribution is 14.1. The van der Waals surface area contributed by atoms with Crippen LogP contribution in [0, 0.1) is 11.3 Å². The highest BCUT2D eigenvalue weighted by atomic mass is 127. The molecule has 1 saturated carbocycles. The number of hydrogen-bond donors (Lipinski definition) is 0. The molecule has 0 nitrogen and oxygen atoms in total. The maximum Gasteiger partial charge on any atom is 0.0000559 e. The second-order valence-electron chi connectivity index (χ2n) is 4.43. The van der Waals surface area contributed by atoms with E-state index in [0.29, 0.717) is 5.41 Å². The van der Waals surface area contributed by atoms with Gasteiger partial charge >= 0.3 is 0 Å². The quantitative estimate of drug-likeness (QED) is 0.395. The van der Waals surface area contributed by atoms with E-state index in [1.807, 2.05) is 0 Å². The summed E-state index contributed by atoms with van der Waals surface area (Å²) < 4.78 is 1.32. The van der Waals surface area contributed by atoms with Crippen LogP contribution in [0.15, 0.2) is 12.7 Å². The molecule has 2 unspecified atom stereocenters. The Kier molecular flexibility index (Phi) is 4.77. The number of allylic oxidation sites excluding steroid dienone is 1. The lowest BCUT2D eigenvalue weighted by atomic mass is 9.78. The van der Waals surface area contributed by atoms with E-state index in [1.54, 1.807) is 0 Å². The summed E-state index contributed by atoms with van der Waals surface area (Å²) in [6, 6.07) is 0. The van der Waals surface area contributed by atoms with E-state index in [-0.39, 0.29) is 0 Å². The van der Waals surface area contributed by atoms with Crippen LogP contribution in [0.25, 0.3) is 0 Å². The largest absolute Gasteiger partial charge is 0.103 e. The van der Waals surface area contributed by atoms with Gasteiger partial charge in [-0.25, -0.2) is 0 Å².